The Balaban J connectivity index is 2.15. The molecule has 0 unspecified atom stereocenters. The molecule has 0 saturated carbocycles. The molecule has 0 radical (unpaired) electrons. The van der Waals surface area contributed by atoms with Gasteiger partial charge in [-0.2, -0.15) is 0 Å². The molecule has 0 saturated heterocycles. The number of aromatic nitrogens is 1. The molecule has 0 fully saturated rings. The summed E-state index contributed by atoms with van der Waals surface area (Å²) in [4.78, 5) is 20.1. The van der Waals surface area contributed by atoms with Crippen LogP contribution in [0.4, 0.5) is 18.9 Å². The minimum atomic E-state index is -4.81. The van der Waals surface area contributed by atoms with Gasteiger partial charge in [-0.1, -0.05) is 0 Å². The molecule has 7 nitrogen and oxygen atoms in total. The number of carbonyl (C=O) groups is 1. The van der Waals surface area contributed by atoms with Crippen molar-refractivity contribution in [3.8, 4) is 5.75 Å². The minimum absolute atomic E-state index is 0.0524. The van der Waals surface area contributed by atoms with Gasteiger partial charge in [0.2, 0.25) is 5.55 Å². The van der Waals surface area contributed by atoms with E-state index in [-0.39, 0.29) is 23.4 Å². The Bertz CT molecular complexity index is 1110. The predicted octanol–water partition coefficient (Wildman–Crippen LogP) is 2.86. The van der Waals surface area contributed by atoms with Gasteiger partial charge in [-0.3, -0.25) is 9.78 Å². The van der Waals surface area contributed by atoms with E-state index in [0.717, 1.165) is 12.1 Å². The van der Waals surface area contributed by atoms with E-state index >= 15 is 0 Å². The van der Waals surface area contributed by atoms with E-state index in [1.54, 1.807) is 6.92 Å². The quantitative estimate of drug-likeness (QED) is 0.708. The van der Waals surface area contributed by atoms with E-state index in [1.165, 1.54) is 24.4 Å². The van der Waals surface area contributed by atoms with Crippen molar-refractivity contribution in [1.29, 1.82) is 0 Å². The number of ether oxygens (including phenoxy) is 1. The molecule has 0 bridgehead atoms. The van der Waals surface area contributed by atoms with Gasteiger partial charge in [-0.05, 0) is 37.3 Å². The number of nitrogens with zero attached hydrogens (tertiary/aromatic N) is 2. The van der Waals surface area contributed by atoms with E-state index in [2.05, 4.69) is 14.7 Å². The Morgan fingerprint density at radius 3 is 2.57 bits per heavy atom. The van der Waals surface area contributed by atoms with Crippen molar-refractivity contribution in [2.45, 2.75) is 19.9 Å². The predicted molar refractivity (Wildman–Crippen MR) is 91.5 cm³/mol. The number of aliphatic hydroxyl groups excluding tert-OH is 1. The Hall–Kier alpha value is -3.40. The second-order valence-electron chi connectivity index (χ2n) is 5.75. The third-order valence-electron chi connectivity index (χ3n) is 3.79. The fourth-order valence-electron chi connectivity index (χ4n) is 2.51. The summed E-state index contributed by atoms with van der Waals surface area (Å²) < 4.78 is 46.2. The van der Waals surface area contributed by atoms with Crippen molar-refractivity contribution in [2.75, 3.05) is 0 Å². The molecule has 0 aliphatic carbocycles. The summed E-state index contributed by atoms with van der Waals surface area (Å²) in [6.45, 7) is 1.35. The number of halogens is 3. The van der Waals surface area contributed by atoms with Crippen molar-refractivity contribution >= 4 is 22.6 Å². The Kier molecular flexibility index (Phi) is 5.06. The molecular weight excluding hydrogens is 379 g/mol. The van der Waals surface area contributed by atoms with Gasteiger partial charge in [0.25, 0.3) is 5.91 Å². The van der Waals surface area contributed by atoms with Crippen LogP contribution in [0.2, 0.25) is 0 Å². The first kappa shape index (κ1) is 19.4. The monoisotopic (exact) mass is 393 g/mol. The Morgan fingerprint density at radius 2 is 2.00 bits per heavy atom. The van der Waals surface area contributed by atoms with Gasteiger partial charge in [-0.25, -0.2) is 4.99 Å². The molecule has 3 rings (SSSR count). The van der Waals surface area contributed by atoms with E-state index < -0.39 is 18.0 Å². The van der Waals surface area contributed by atoms with Crippen LogP contribution < -0.4 is 16.0 Å². The highest BCUT2D eigenvalue weighted by Crippen LogP contribution is 2.25. The van der Waals surface area contributed by atoms with Crippen molar-refractivity contribution in [3.05, 3.63) is 58.9 Å². The smallest absolute Gasteiger partial charge is 0.436 e. The zero-order valence-corrected chi connectivity index (χ0v) is 14.4. The van der Waals surface area contributed by atoms with Crippen LogP contribution in [0.5, 0.6) is 5.75 Å². The molecule has 3 aromatic rings. The van der Waals surface area contributed by atoms with Crippen LogP contribution in [-0.4, -0.2) is 22.4 Å². The zero-order valence-electron chi connectivity index (χ0n) is 14.4. The highest BCUT2D eigenvalue weighted by molar-refractivity contribution is 5.96. The van der Waals surface area contributed by atoms with Gasteiger partial charge < -0.3 is 20.0 Å². The fourth-order valence-corrected chi connectivity index (χ4v) is 2.51. The molecule has 28 heavy (non-hydrogen) atoms. The molecule has 1 aromatic carbocycles. The molecule has 0 atom stereocenters. The molecule has 2 aromatic heterocycles. The summed E-state index contributed by atoms with van der Waals surface area (Å²) in [5.74, 6) is -1.23. The summed E-state index contributed by atoms with van der Waals surface area (Å²) in [6.07, 6.45) is -3.35. The second-order valence-corrected chi connectivity index (χ2v) is 5.75. The van der Waals surface area contributed by atoms with Gasteiger partial charge >= 0.3 is 6.36 Å². The number of pyridine rings is 1. The number of alkyl halides is 3. The summed E-state index contributed by atoms with van der Waals surface area (Å²) in [5, 5.41) is 9.91. The standard InChI is InChI=1S/C18H14F3N3O4/c1-9-15-13(10(8-25)7-23-9)6-14(16(22)26)17(27-15)24-11-2-4-12(5-3-11)28-18(19,20)21/h2-7,25H,8H2,1H3,(H2,22,26). The SMILES string of the molecule is Cc1ncc(CO)c2cc(C(N)=O)c(=Nc3ccc(OC(F)(F)F)cc3)oc12. The molecule has 10 heteroatoms. The maximum Gasteiger partial charge on any atom is 0.573 e. The van der Waals surface area contributed by atoms with Crippen molar-refractivity contribution in [1.82, 2.24) is 4.98 Å². The average Bonchev–Trinajstić information content (AvgIpc) is 2.62. The number of fused-ring (bicyclic) bond motifs is 1. The van der Waals surface area contributed by atoms with Gasteiger partial charge in [0.05, 0.1) is 18.0 Å². The van der Waals surface area contributed by atoms with Gasteiger partial charge in [-0.15, -0.1) is 13.2 Å². The topological polar surface area (TPSA) is 111 Å². The summed E-state index contributed by atoms with van der Waals surface area (Å²) in [7, 11) is 0. The normalized spacial score (nSPS) is 12.4. The first-order valence-corrected chi connectivity index (χ1v) is 7.91. The molecule has 0 aliphatic heterocycles. The number of nitrogens with two attached hydrogens (primary N) is 1. The molecule has 3 N–H and O–H groups in total. The number of hydrogen-bond donors (Lipinski definition) is 2. The fraction of sp³-hybridized carbons (Fsp3) is 0.167. The average molecular weight is 393 g/mol. The molecule has 146 valence electrons. The molecular formula is C18H14F3N3O4. The van der Waals surface area contributed by atoms with Crippen LogP contribution in [-0.2, 0) is 6.61 Å². The van der Waals surface area contributed by atoms with Crippen molar-refractivity contribution < 1.29 is 32.2 Å². The number of aryl methyl sites for hydroxylation is 1. The Labute approximate surface area is 155 Å². The molecule has 2 heterocycles. The van der Waals surface area contributed by atoms with Crippen LogP contribution in [0.15, 0.2) is 45.9 Å². The zero-order chi connectivity index (χ0) is 20.5. The lowest BCUT2D eigenvalue weighted by Crippen LogP contribution is -2.22. The Morgan fingerprint density at radius 1 is 1.32 bits per heavy atom. The molecule has 0 aliphatic rings. The van der Waals surface area contributed by atoms with Crippen molar-refractivity contribution in [3.63, 3.8) is 0 Å². The second kappa shape index (κ2) is 7.31. The lowest BCUT2D eigenvalue weighted by atomic mass is 10.1. The summed E-state index contributed by atoms with van der Waals surface area (Å²) in [5.41, 5.74) is 6.65. The van der Waals surface area contributed by atoms with Crippen LogP contribution >= 0.6 is 0 Å². The summed E-state index contributed by atoms with van der Waals surface area (Å²) >= 11 is 0. The number of rotatable bonds is 4. The largest absolute Gasteiger partial charge is 0.573 e. The molecule has 0 spiro atoms. The van der Waals surface area contributed by atoms with Gasteiger partial charge in [0.15, 0.2) is 5.58 Å². The maximum absolute atomic E-state index is 12.2. The van der Waals surface area contributed by atoms with Crippen molar-refractivity contribution in [2.24, 2.45) is 10.7 Å². The number of aliphatic hydroxyl groups is 1. The van der Waals surface area contributed by atoms with Crippen LogP contribution in [0, 0.1) is 6.92 Å². The third-order valence-corrected chi connectivity index (χ3v) is 3.79. The number of amides is 1. The van der Waals surface area contributed by atoms with E-state index in [1.807, 2.05) is 0 Å². The number of benzene rings is 1. The first-order chi connectivity index (χ1) is 13.2. The minimum Gasteiger partial charge on any atom is -0.436 e. The maximum atomic E-state index is 12.2. The lowest BCUT2D eigenvalue weighted by molar-refractivity contribution is -0.274. The first-order valence-electron chi connectivity index (χ1n) is 7.91. The van der Waals surface area contributed by atoms with Crippen LogP contribution in [0.1, 0.15) is 21.6 Å². The highest BCUT2D eigenvalue weighted by Gasteiger charge is 2.30. The number of primary amides is 1. The third kappa shape index (κ3) is 4.12. The lowest BCUT2D eigenvalue weighted by Gasteiger charge is -2.09. The number of carbonyl (C=O) groups excluding carboxylic acids is 1. The number of hydrogen-bond acceptors (Lipinski definition) is 6. The summed E-state index contributed by atoms with van der Waals surface area (Å²) in [6, 6.07) is 6.12. The van der Waals surface area contributed by atoms with Crippen LogP contribution in [0.25, 0.3) is 11.0 Å². The highest BCUT2D eigenvalue weighted by atomic mass is 19.4. The van der Waals surface area contributed by atoms with Crippen LogP contribution in [0.3, 0.4) is 0 Å². The molecule has 1 amide bonds. The van der Waals surface area contributed by atoms with Gasteiger partial charge in [0.1, 0.15) is 11.3 Å². The van der Waals surface area contributed by atoms with Gasteiger partial charge in [0, 0.05) is 17.1 Å². The van der Waals surface area contributed by atoms with E-state index in [0.29, 0.717) is 22.2 Å². The van der Waals surface area contributed by atoms with E-state index in [9.17, 15) is 23.1 Å². The van der Waals surface area contributed by atoms with E-state index in [4.69, 9.17) is 10.2 Å².